The number of rotatable bonds is 4. The van der Waals surface area contributed by atoms with E-state index in [1.807, 2.05) is 20.8 Å². The van der Waals surface area contributed by atoms with Crippen molar-refractivity contribution in [2.24, 2.45) is 4.99 Å². The van der Waals surface area contributed by atoms with Gasteiger partial charge in [0, 0.05) is 32.7 Å². The largest absolute Gasteiger partial charge is 0.444 e. The molecule has 0 aliphatic carbocycles. The van der Waals surface area contributed by atoms with Gasteiger partial charge in [-0.15, -0.1) is 0 Å². The first kappa shape index (κ1) is 17.8. The third-order valence-corrected chi connectivity index (χ3v) is 4.17. The van der Waals surface area contributed by atoms with Crippen molar-refractivity contribution in [3.05, 3.63) is 0 Å². The van der Waals surface area contributed by atoms with Crippen LogP contribution in [0.1, 0.15) is 27.7 Å². The maximum absolute atomic E-state index is 12.2. The van der Waals surface area contributed by atoms with Crippen LogP contribution < -0.4 is 5.32 Å². The van der Waals surface area contributed by atoms with Gasteiger partial charge in [-0.1, -0.05) is 6.92 Å². The molecule has 1 N–H and O–H groups in total. The number of ether oxygens (including phenoxy) is 1. The number of likely N-dealkylation sites (N-methyl/N-ethyl adjacent to an activating group) is 1. The molecule has 2 aliphatic heterocycles. The molecule has 7 nitrogen and oxygen atoms in total. The molecule has 2 rings (SSSR count). The number of nitrogens with zero attached hydrogens (tertiary/aromatic N) is 4. The Morgan fingerprint density at radius 3 is 2.83 bits per heavy atom. The first-order valence-corrected chi connectivity index (χ1v) is 8.51. The lowest BCUT2D eigenvalue weighted by molar-refractivity contribution is 0.0137. The fourth-order valence-electron chi connectivity index (χ4n) is 2.74. The van der Waals surface area contributed by atoms with E-state index in [1.165, 1.54) is 0 Å². The van der Waals surface area contributed by atoms with Crippen LogP contribution in [0.4, 0.5) is 4.79 Å². The quantitative estimate of drug-likeness (QED) is 0.829. The third kappa shape index (κ3) is 4.99. The van der Waals surface area contributed by atoms with E-state index in [2.05, 4.69) is 34.1 Å². The zero-order chi connectivity index (χ0) is 17.0. The van der Waals surface area contributed by atoms with Crippen molar-refractivity contribution in [2.45, 2.75) is 39.3 Å². The molecule has 7 heteroatoms. The molecule has 2 aliphatic rings. The van der Waals surface area contributed by atoms with Gasteiger partial charge in [-0.05, 0) is 34.4 Å². The first-order chi connectivity index (χ1) is 10.8. The number of guanidine groups is 1. The van der Waals surface area contributed by atoms with Gasteiger partial charge in [-0.2, -0.15) is 0 Å². The SMILES string of the molecule is CCN(C)CCNC1=NCC2CN(C(=O)OC(C)(C)C)CCN12. The maximum atomic E-state index is 12.2. The highest BCUT2D eigenvalue weighted by molar-refractivity contribution is 5.82. The van der Waals surface area contributed by atoms with Gasteiger partial charge in [0.05, 0.1) is 12.6 Å². The van der Waals surface area contributed by atoms with E-state index in [4.69, 9.17) is 4.74 Å². The van der Waals surface area contributed by atoms with E-state index in [-0.39, 0.29) is 12.1 Å². The predicted molar refractivity (Wildman–Crippen MR) is 91.8 cm³/mol. The van der Waals surface area contributed by atoms with E-state index < -0.39 is 5.60 Å². The van der Waals surface area contributed by atoms with Gasteiger partial charge in [0.15, 0.2) is 5.96 Å². The Bertz CT molecular complexity index is 446. The van der Waals surface area contributed by atoms with Crippen LogP contribution in [0.5, 0.6) is 0 Å². The smallest absolute Gasteiger partial charge is 0.410 e. The molecule has 0 aromatic rings. The molecule has 132 valence electrons. The van der Waals surface area contributed by atoms with E-state index in [0.29, 0.717) is 13.1 Å². The average Bonchev–Trinajstić information content (AvgIpc) is 2.87. The highest BCUT2D eigenvalue weighted by Crippen LogP contribution is 2.18. The van der Waals surface area contributed by atoms with Gasteiger partial charge < -0.3 is 24.8 Å². The molecule has 2 heterocycles. The molecule has 0 spiro atoms. The Morgan fingerprint density at radius 1 is 1.43 bits per heavy atom. The molecule has 0 aromatic carbocycles. The average molecular weight is 325 g/mol. The van der Waals surface area contributed by atoms with Crippen molar-refractivity contribution in [1.82, 2.24) is 20.0 Å². The van der Waals surface area contributed by atoms with Gasteiger partial charge in [0.1, 0.15) is 5.60 Å². The number of carbonyl (C=O) groups excluding carboxylic acids is 1. The van der Waals surface area contributed by atoms with Crippen LogP contribution in [-0.2, 0) is 4.74 Å². The standard InChI is InChI=1S/C16H31N5O2/c1-6-19(5)8-7-17-14-18-11-13-12-20(9-10-21(13)14)15(22)23-16(2,3)4/h13H,6-12H2,1-5H3,(H,17,18). The van der Waals surface area contributed by atoms with Crippen molar-refractivity contribution in [2.75, 3.05) is 52.9 Å². The second-order valence-corrected chi connectivity index (χ2v) is 7.26. The molecule has 1 saturated heterocycles. The van der Waals surface area contributed by atoms with Gasteiger partial charge in [0.2, 0.25) is 0 Å². The number of amides is 1. The normalized spacial score (nSPS) is 21.3. The molecule has 23 heavy (non-hydrogen) atoms. The van der Waals surface area contributed by atoms with Crippen molar-refractivity contribution < 1.29 is 9.53 Å². The Morgan fingerprint density at radius 2 is 2.17 bits per heavy atom. The first-order valence-electron chi connectivity index (χ1n) is 8.51. The summed E-state index contributed by atoms with van der Waals surface area (Å²) in [6.45, 7) is 13.7. The topological polar surface area (TPSA) is 60.4 Å². The number of fused-ring (bicyclic) bond motifs is 1. The van der Waals surface area contributed by atoms with Crippen LogP contribution in [0, 0.1) is 0 Å². The molecular formula is C16H31N5O2. The van der Waals surface area contributed by atoms with Crippen LogP contribution in [0.2, 0.25) is 0 Å². The Hall–Kier alpha value is -1.50. The van der Waals surface area contributed by atoms with Crippen molar-refractivity contribution in [3.63, 3.8) is 0 Å². The summed E-state index contributed by atoms with van der Waals surface area (Å²) in [6, 6.07) is 0.266. The Labute approximate surface area is 139 Å². The van der Waals surface area contributed by atoms with Crippen molar-refractivity contribution in [1.29, 1.82) is 0 Å². The molecule has 0 aromatic heterocycles. The molecular weight excluding hydrogens is 294 g/mol. The maximum Gasteiger partial charge on any atom is 0.410 e. The van der Waals surface area contributed by atoms with Crippen LogP contribution in [0.3, 0.4) is 0 Å². The summed E-state index contributed by atoms with van der Waals surface area (Å²) in [5.41, 5.74) is -0.446. The van der Waals surface area contributed by atoms with E-state index in [1.54, 1.807) is 4.90 Å². The minimum atomic E-state index is -0.446. The number of piperazine rings is 1. The predicted octanol–water partition coefficient (Wildman–Crippen LogP) is 0.819. The lowest BCUT2D eigenvalue weighted by Crippen LogP contribution is -2.57. The van der Waals surface area contributed by atoms with Gasteiger partial charge in [-0.3, -0.25) is 4.99 Å². The van der Waals surface area contributed by atoms with E-state index >= 15 is 0 Å². The highest BCUT2D eigenvalue weighted by atomic mass is 16.6. The van der Waals surface area contributed by atoms with E-state index in [9.17, 15) is 4.79 Å². The van der Waals surface area contributed by atoms with Gasteiger partial charge in [-0.25, -0.2) is 4.79 Å². The fourth-order valence-corrected chi connectivity index (χ4v) is 2.74. The summed E-state index contributed by atoms with van der Waals surface area (Å²) in [5, 5.41) is 3.43. The molecule has 1 unspecified atom stereocenters. The molecule has 1 fully saturated rings. The molecule has 0 saturated carbocycles. The lowest BCUT2D eigenvalue weighted by atomic mass is 10.2. The van der Waals surface area contributed by atoms with Crippen LogP contribution in [-0.4, -0.2) is 91.3 Å². The van der Waals surface area contributed by atoms with Crippen LogP contribution in [0.15, 0.2) is 4.99 Å². The number of aliphatic imine (C=N–C) groups is 1. The third-order valence-electron chi connectivity index (χ3n) is 4.17. The number of nitrogens with one attached hydrogen (secondary N) is 1. The minimum Gasteiger partial charge on any atom is -0.444 e. The summed E-state index contributed by atoms with van der Waals surface area (Å²) in [6.07, 6.45) is -0.219. The number of hydrogen-bond donors (Lipinski definition) is 1. The molecule has 0 bridgehead atoms. The van der Waals surface area contributed by atoms with E-state index in [0.717, 1.165) is 38.7 Å². The second kappa shape index (κ2) is 7.38. The summed E-state index contributed by atoms with van der Waals surface area (Å²) in [7, 11) is 2.11. The van der Waals surface area contributed by atoms with Crippen molar-refractivity contribution in [3.8, 4) is 0 Å². The molecule has 1 atom stereocenters. The van der Waals surface area contributed by atoms with Crippen LogP contribution >= 0.6 is 0 Å². The molecule has 0 radical (unpaired) electrons. The fraction of sp³-hybridized carbons (Fsp3) is 0.875. The Balaban J connectivity index is 1.79. The van der Waals surface area contributed by atoms with Gasteiger partial charge >= 0.3 is 6.09 Å². The summed E-state index contributed by atoms with van der Waals surface area (Å²) in [5.74, 6) is 0.975. The highest BCUT2D eigenvalue weighted by Gasteiger charge is 2.36. The zero-order valence-electron chi connectivity index (χ0n) is 15.1. The summed E-state index contributed by atoms with van der Waals surface area (Å²) < 4.78 is 5.47. The summed E-state index contributed by atoms with van der Waals surface area (Å²) >= 11 is 0. The van der Waals surface area contributed by atoms with Crippen LogP contribution in [0.25, 0.3) is 0 Å². The molecule has 1 amide bonds. The minimum absolute atomic E-state index is 0.219. The lowest BCUT2D eigenvalue weighted by Gasteiger charge is -2.39. The summed E-state index contributed by atoms with van der Waals surface area (Å²) in [4.78, 5) is 23.1. The second-order valence-electron chi connectivity index (χ2n) is 7.26. The Kier molecular flexibility index (Phi) is 5.73. The van der Waals surface area contributed by atoms with Gasteiger partial charge in [0.25, 0.3) is 0 Å². The number of hydrogen-bond acceptors (Lipinski definition) is 6. The number of carbonyl (C=O) groups is 1. The zero-order valence-corrected chi connectivity index (χ0v) is 15.1. The monoisotopic (exact) mass is 325 g/mol. The van der Waals surface area contributed by atoms with Crippen molar-refractivity contribution >= 4 is 12.1 Å².